The molecule has 2 aromatic heterocycles. The molecule has 0 spiro atoms. The van der Waals surface area contributed by atoms with E-state index < -0.39 is 0 Å². The molecule has 0 amide bonds. The summed E-state index contributed by atoms with van der Waals surface area (Å²) in [5.41, 5.74) is 2.56. The van der Waals surface area contributed by atoms with E-state index in [0.29, 0.717) is 22.2 Å². The van der Waals surface area contributed by atoms with Crippen LogP contribution in [0.25, 0.3) is 5.69 Å². The summed E-state index contributed by atoms with van der Waals surface area (Å²) in [6.07, 6.45) is 4.04. The van der Waals surface area contributed by atoms with Gasteiger partial charge >= 0.3 is 0 Å². The first-order valence-corrected chi connectivity index (χ1v) is 10.6. The molecule has 2 heterocycles. The minimum atomic E-state index is -0.278. The molecule has 1 saturated carbocycles. The van der Waals surface area contributed by atoms with Crippen LogP contribution in [0.2, 0.25) is 0 Å². The minimum Gasteiger partial charge on any atom is -0.493 e. The van der Waals surface area contributed by atoms with Gasteiger partial charge in [-0.15, -0.1) is 0 Å². The van der Waals surface area contributed by atoms with Crippen LogP contribution in [0.15, 0.2) is 46.3 Å². The van der Waals surface area contributed by atoms with Gasteiger partial charge < -0.3 is 5.11 Å². The normalized spacial score (nSPS) is 14.2. The Kier molecular flexibility index (Phi) is 5.41. The molecule has 0 aliphatic heterocycles. The van der Waals surface area contributed by atoms with Crippen LogP contribution in [0.5, 0.6) is 5.88 Å². The topological polar surface area (TPSA) is 96.7 Å². The van der Waals surface area contributed by atoms with Gasteiger partial charge in [0.2, 0.25) is 5.88 Å². The monoisotopic (exact) mass is 407 g/mol. The van der Waals surface area contributed by atoms with Crippen molar-refractivity contribution in [3.63, 3.8) is 0 Å². The highest BCUT2D eigenvalue weighted by atomic mass is 32.2. The van der Waals surface area contributed by atoms with Crippen LogP contribution in [0.1, 0.15) is 48.7 Å². The maximum atomic E-state index is 12.6. The van der Waals surface area contributed by atoms with Crippen LogP contribution in [-0.4, -0.2) is 24.4 Å². The zero-order valence-corrected chi connectivity index (χ0v) is 16.9. The second kappa shape index (κ2) is 8.13. The number of rotatable bonds is 5. The van der Waals surface area contributed by atoms with Gasteiger partial charge in [-0.3, -0.25) is 9.36 Å². The summed E-state index contributed by atoms with van der Waals surface area (Å²) in [5, 5.41) is 24.6. The number of hydrogen-bond donors (Lipinski definition) is 1. The molecule has 148 valence electrons. The highest BCUT2D eigenvalue weighted by Crippen LogP contribution is 2.33. The first-order valence-electron chi connectivity index (χ1n) is 9.58. The molecular formula is C21H21N5O2S. The summed E-state index contributed by atoms with van der Waals surface area (Å²) in [7, 11) is 0. The molecule has 1 aromatic carbocycles. The van der Waals surface area contributed by atoms with E-state index in [0.717, 1.165) is 37.1 Å². The Labute approximate surface area is 172 Å². The van der Waals surface area contributed by atoms with Crippen LogP contribution in [0.3, 0.4) is 0 Å². The van der Waals surface area contributed by atoms with Gasteiger partial charge in [-0.25, -0.2) is 4.68 Å². The zero-order chi connectivity index (χ0) is 20.4. The summed E-state index contributed by atoms with van der Waals surface area (Å²) in [5.74, 6) is 0.126. The number of para-hydroxylation sites is 1. The fourth-order valence-corrected chi connectivity index (χ4v) is 4.90. The molecule has 1 aliphatic rings. The number of aromatic nitrogens is 4. The molecule has 1 aliphatic carbocycles. The Morgan fingerprint density at radius 3 is 2.69 bits per heavy atom. The molecule has 29 heavy (non-hydrogen) atoms. The van der Waals surface area contributed by atoms with E-state index in [1.165, 1.54) is 17.8 Å². The standard InChI is InChI=1S/C21H21N5O2S/c1-14-17(12-22)18(26(24-14)16-9-3-2-4-10-16)13-29-21-23-19(27)11-20(28)25(21)15-7-5-6-8-15/h2-4,9-11,15,27H,5-8,13H2,1H3. The average Bonchev–Trinajstić information content (AvgIpc) is 3.34. The van der Waals surface area contributed by atoms with E-state index in [1.807, 2.05) is 37.3 Å². The zero-order valence-electron chi connectivity index (χ0n) is 16.1. The van der Waals surface area contributed by atoms with Crippen LogP contribution in [-0.2, 0) is 5.75 Å². The Morgan fingerprint density at radius 1 is 1.28 bits per heavy atom. The minimum absolute atomic E-state index is 0.106. The van der Waals surface area contributed by atoms with Crippen molar-refractivity contribution >= 4 is 11.8 Å². The summed E-state index contributed by atoms with van der Waals surface area (Å²) in [4.78, 5) is 16.8. The van der Waals surface area contributed by atoms with Crippen molar-refractivity contribution in [2.45, 2.75) is 49.6 Å². The van der Waals surface area contributed by atoms with Crippen molar-refractivity contribution in [1.29, 1.82) is 5.26 Å². The largest absolute Gasteiger partial charge is 0.493 e. The number of aryl methyl sites for hydroxylation is 1. The van der Waals surface area contributed by atoms with Gasteiger partial charge in [-0.2, -0.15) is 15.3 Å². The molecule has 7 nitrogen and oxygen atoms in total. The smallest absolute Gasteiger partial charge is 0.258 e. The Morgan fingerprint density at radius 2 is 2.00 bits per heavy atom. The van der Waals surface area contributed by atoms with Crippen molar-refractivity contribution in [3.05, 3.63) is 63.7 Å². The highest BCUT2D eigenvalue weighted by molar-refractivity contribution is 7.98. The second-order valence-electron chi connectivity index (χ2n) is 7.10. The average molecular weight is 407 g/mol. The first kappa shape index (κ1) is 19.3. The Hall–Kier alpha value is -3.05. The third kappa shape index (κ3) is 3.78. The van der Waals surface area contributed by atoms with Crippen molar-refractivity contribution in [1.82, 2.24) is 19.3 Å². The molecular weight excluding hydrogens is 386 g/mol. The summed E-state index contributed by atoms with van der Waals surface area (Å²) < 4.78 is 3.46. The van der Waals surface area contributed by atoms with Crippen molar-refractivity contribution in [2.24, 2.45) is 0 Å². The van der Waals surface area contributed by atoms with E-state index in [1.54, 1.807) is 9.25 Å². The van der Waals surface area contributed by atoms with E-state index in [-0.39, 0.29) is 17.5 Å². The number of nitrogens with zero attached hydrogens (tertiary/aromatic N) is 5. The molecule has 0 atom stereocenters. The molecule has 1 N–H and O–H groups in total. The lowest BCUT2D eigenvalue weighted by Crippen LogP contribution is -2.25. The quantitative estimate of drug-likeness (QED) is 0.511. The fourth-order valence-electron chi connectivity index (χ4n) is 3.83. The van der Waals surface area contributed by atoms with Gasteiger partial charge in [-0.05, 0) is 31.9 Å². The first-order chi connectivity index (χ1) is 14.1. The summed E-state index contributed by atoms with van der Waals surface area (Å²) >= 11 is 1.35. The maximum Gasteiger partial charge on any atom is 0.258 e. The third-order valence-corrected chi connectivity index (χ3v) is 6.17. The highest BCUT2D eigenvalue weighted by Gasteiger charge is 2.23. The molecule has 0 saturated heterocycles. The van der Waals surface area contributed by atoms with Gasteiger partial charge in [-0.1, -0.05) is 42.8 Å². The van der Waals surface area contributed by atoms with Gasteiger partial charge in [0.1, 0.15) is 6.07 Å². The third-order valence-electron chi connectivity index (χ3n) is 5.20. The van der Waals surface area contributed by atoms with Crippen LogP contribution < -0.4 is 5.56 Å². The van der Waals surface area contributed by atoms with Crippen LogP contribution in [0.4, 0.5) is 0 Å². The predicted octanol–water partition coefficient (Wildman–Crippen LogP) is 3.72. The van der Waals surface area contributed by atoms with E-state index >= 15 is 0 Å². The van der Waals surface area contributed by atoms with Gasteiger partial charge in [0.15, 0.2) is 5.16 Å². The summed E-state index contributed by atoms with van der Waals surface area (Å²) in [6, 6.07) is 13.2. The SMILES string of the molecule is Cc1nn(-c2ccccc2)c(CSc2nc(O)cc(=O)n2C2CCCC2)c1C#N. The van der Waals surface area contributed by atoms with E-state index in [9.17, 15) is 15.2 Å². The summed E-state index contributed by atoms with van der Waals surface area (Å²) in [6.45, 7) is 1.81. The number of aromatic hydroxyl groups is 1. The van der Waals surface area contributed by atoms with Crippen molar-refractivity contribution in [3.8, 4) is 17.6 Å². The Balaban J connectivity index is 1.72. The fraction of sp³-hybridized carbons (Fsp3) is 0.333. The molecule has 0 radical (unpaired) electrons. The maximum absolute atomic E-state index is 12.6. The van der Waals surface area contributed by atoms with Gasteiger partial charge in [0, 0.05) is 11.8 Å². The lowest BCUT2D eigenvalue weighted by Gasteiger charge is -2.17. The second-order valence-corrected chi connectivity index (χ2v) is 8.04. The molecule has 0 unspecified atom stereocenters. The molecule has 0 bridgehead atoms. The molecule has 3 aromatic rings. The lowest BCUT2D eigenvalue weighted by atomic mass is 10.2. The predicted molar refractivity (Wildman–Crippen MR) is 110 cm³/mol. The number of benzene rings is 1. The van der Waals surface area contributed by atoms with Gasteiger partial charge in [0.05, 0.1) is 28.7 Å². The van der Waals surface area contributed by atoms with Crippen molar-refractivity contribution in [2.75, 3.05) is 0 Å². The van der Waals surface area contributed by atoms with E-state index in [2.05, 4.69) is 16.2 Å². The van der Waals surface area contributed by atoms with Crippen LogP contribution in [0, 0.1) is 18.3 Å². The number of nitriles is 1. The number of hydrogen-bond acceptors (Lipinski definition) is 6. The number of thioether (sulfide) groups is 1. The van der Waals surface area contributed by atoms with Gasteiger partial charge in [0.25, 0.3) is 5.56 Å². The Bertz CT molecular complexity index is 1120. The lowest BCUT2D eigenvalue weighted by molar-refractivity contribution is 0.406. The molecule has 1 fully saturated rings. The molecule has 8 heteroatoms. The van der Waals surface area contributed by atoms with Crippen LogP contribution >= 0.6 is 11.8 Å². The van der Waals surface area contributed by atoms with E-state index in [4.69, 9.17) is 0 Å². The van der Waals surface area contributed by atoms with Crippen molar-refractivity contribution < 1.29 is 5.11 Å². The molecule has 4 rings (SSSR count).